The Morgan fingerprint density at radius 1 is 1.32 bits per heavy atom. The first kappa shape index (κ1) is 14.9. The third-order valence-electron chi connectivity index (χ3n) is 3.58. The summed E-state index contributed by atoms with van der Waals surface area (Å²) < 4.78 is 5.04. The molecule has 0 unspecified atom stereocenters. The number of carbonyl (C=O) groups is 1. The van der Waals surface area contributed by atoms with Crippen LogP contribution in [0.15, 0.2) is 29.8 Å². The number of ether oxygens (including phenoxy) is 1. The molecule has 22 heavy (non-hydrogen) atoms. The largest absolute Gasteiger partial charge is 0.378 e. The highest BCUT2D eigenvalue weighted by molar-refractivity contribution is 7.09. The quantitative estimate of drug-likeness (QED) is 0.858. The zero-order valence-corrected chi connectivity index (χ0v) is 13.3. The molecule has 116 valence electrons. The Morgan fingerprint density at radius 2 is 2.14 bits per heavy atom. The van der Waals surface area contributed by atoms with Crippen LogP contribution in [0.25, 0.3) is 0 Å². The predicted octanol–water partition coefficient (Wildman–Crippen LogP) is 1.65. The normalized spacial score (nSPS) is 15.1. The lowest BCUT2D eigenvalue weighted by molar-refractivity contribution is 0.0740. The Labute approximate surface area is 133 Å². The van der Waals surface area contributed by atoms with Gasteiger partial charge in [-0.15, -0.1) is 11.3 Å². The van der Waals surface area contributed by atoms with Crippen LogP contribution in [-0.2, 0) is 11.3 Å². The average Bonchev–Trinajstić information content (AvgIpc) is 3.04. The third-order valence-corrected chi connectivity index (χ3v) is 4.40. The molecule has 0 aliphatic carbocycles. The predicted molar refractivity (Wildman–Crippen MR) is 85.2 cm³/mol. The molecule has 3 rings (SSSR count). The summed E-state index contributed by atoms with van der Waals surface area (Å²) in [7, 11) is 1.62. The minimum absolute atomic E-state index is 0.000672. The van der Waals surface area contributed by atoms with Gasteiger partial charge in [0.05, 0.1) is 6.61 Å². The molecule has 0 atom stereocenters. The van der Waals surface area contributed by atoms with Crippen molar-refractivity contribution in [2.45, 2.75) is 6.61 Å². The van der Waals surface area contributed by atoms with Crippen LogP contribution in [0, 0.1) is 0 Å². The van der Waals surface area contributed by atoms with Crippen molar-refractivity contribution < 1.29 is 9.53 Å². The number of hydrogen-bond acceptors (Lipinski definition) is 6. The summed E-state index contributed by atoms with van der Waals surface area (Å²) in [5.41, 5.74) is 0.517. The van der Waals surface area contributed by atoms with E-state index in [1.807, 2.05) is 28.5 Å². The van der Waals surface area contributed by atoms with Gasteiger partial charge in [-0.3, -0.25) is 4.79 Å². The second-order valence-corrected chi connectivity index (χ2v) is 5.97. The molecule has 1 fully saturated rings. The molecule has 1 aliphatic rings. The highest BCUT2D eigenvalue weighted by Gasteiger charge is 2.24. The number of rotatable bonds is 4. The smallest absolute Gasteiger partial charge is 0.273 e. The van der Waals surface area contributed by atoms with Gasteiger partial charge in [-0.25, -0.2) is 9.97 Å². The molecule has 2 aromatic heterocycles. The fourth-order valence-corrected chi connectivity index (χ4v) is 3.18. The number of carbonyl (C=O) groups excluding carboxylic acids is 1. The van der Waals surface area contributed by atoms with E-state index in [0.29, 0.717) is 25.4 Å². The van der Waals surface area contributed by atoms with Gasteiger partial charge in [-0.2, -0.15) is 0 Å². The van der Waals surface area contributed by atoms with Crippen molar-refractivity contribution in [2.75, 3.05) is 38.2 Å². The summed E-state index contributed by atoms with van der Waals surface area (Å²) in [5, 5.41) is 2.64. The van der Waals surface area contributed by atoms with Crippen LogP contribution < -0.4 is 4.90 Å². The Kier molecular flexibility index (Phi) is 4.65. The molecule has 1 aliphatic heterocycles. The van der Waals surface area contributed by atoms with E-state index in [2.05, 4.69) is 14.9 Å². The minimum atomic E-state index is -0.000672. The maximum Gasteiger partial charge on any atom is 0.273 e. The Bertz CT molecular complexity index is 623. The molecule has 1 saturated heterocycles. The number of amides is 1. The first-order valence-electron chi connectivity index (χ1n) is 7.16. The van der Waals surface area contributed by atoms with Gasteiger partial charge in [-0.05, 0) is 12.1 Å². The van der Waals surface area contributed by atoms with Gasteiger partial charge in [0.25, 0.3) is 5.91 Å². The average molecular weight is 318 g/mol. The molecule has 7 heteroatoms. The molecular weight excluding hydrogens is 300 g/mol. The zero-order chi connectivity index (χ0) is 15.4. The van der Waals surface area contributed by atoms with Gasteiger partial charge in [0.1, 0.15) is 16.5 Å². The monoisotopic (exact) mass is 318 g/mol. The van der Waals surface area contributed by atoms with Crippen LogP contribution in [0.1, 0.15) is 15.5 Å². The molecule has 2 aromatic rings. The Morgan fingerprint density at radius 3 is 2.82 bits per heavy atom. The summed E-state index contributed by atoms with van der Waals surface area (Å²) >= 11 is 1.46. The number of pyridine rings is 1. The minimum Gasteiger partial charge on any atom is -0.378 e. The van der Waals surface area contributed by atoms with Gasteiger partial charge in [0.15, 0.2) is 0 Å². The molecule has 0 N–H and O–H groups in total. The first-order valence-corrected chi connectivity index (χ1v) is 8.04. The first-order chi connectivity index (χ1) is 10.8. The lowest BCUT2D eigenvalue weighted by Crippen LogP contribution is -2.49. The van der Waals surface area contributed by atoms with Gasteiger partial charge in [-0.1, -0.05) is 6.07 Å². The molecule has 0 spiro atoms. The number of anilines is 1. The molecular formula is C15H18N4O2S. The SMILES string of the molecule is COCc1nc(C(=O)N2CCN(c3ccccn3)CC2)cs1. The molecule has 0 aromatic carbocycles. The number of nitrogens with zero attached hydrogens (tertiary/aromatic N) is 4. The van der Waals surface area contributed by atoms with Gasteiger partial charge >= 0.3 is 0 Å². The van der Waals surface area contributed by atoms with Gasteiger partial charge < -0.3 is 14.5 Å². The van der Waals surface area contributed by atoms with Gasteiger partial charge in [0.2, 0.25) is 0 Å². The lowest BCUT2D eigenvalue weighted by atomic mass is 10.3. The molecule has 6 nitrogen and oxygen atoms in total. The molecule has 0 saturated carbocycles. The van der Waals surface area contributed by atoms with Crippen molar-refractivity contribution in [1.29, 1.82) is 0 Å². The van der Waals surface area contributed by atoms with E-state index < -0.39 is 0 Å². The van der Waals surface area contributed by atoms with E-state index in [1.54, 1.807) is 13.3 Å². The van der Waals surface area contributed by atoms with E-state index in [4.69, 9.17) is 4.74 Å². The topological polar surface area (TPSA) is 58.6 Å². The van der Waals surface area contributed by atoms with Crippen LogP contribution in [0.2, 0.25) is 0 Å². The summed E-state index contributed by atoms with van der Waals surface area (Å²) in [6.07, 6.45) is 1.79. The van der Waals surface area contributed by atoms with Crippen molar-refractivity contribution >= 4 is 23.1 Å². The molecule has 1 amide bonds. The van der Waals surface area contributed by atoms with Crippen LogP contribution in [0.3, 0.4) is 0 Å². The summed E-state index contributed by atoms with van der Waals surface area (Å²) in [4.78, 5) is 25.2. The summed E-state index contributed by atoms with van der Waals surface area (Å²) in [6.45, 7) is 3.40. The highest BCUT2D eigenvalue weighted by atomic mass is 32.1. The Balaban J connectivity index is 1.59. The summed E-state index contributed by atoms with van der Waals surface area (Å²) in [5.74, 6) is 0.963. The number of thiazole rings is 1. The van der Waals surface area contributed by atoms with Crippen molar-refractivity contribution in [2.24, 2.45) is 0 Å². The fourth-order valence-electron chi connectivity index (χ4n) is 2.44. The lowest BCUT2D eigenvalue weighted by Gasteiger charge is -2.35. The fraction of sp³-hybridized carbons (Fsp3) is 0.400. The van der Waals surface area contributed by atoms with Crippen molar-refractivity contribution in [3.63, 3.8) is 0 Å². The van der Waals surface area contributed by atoms with Crippen molar-refractivity contribution in [1.82, 2.24) is 14.9 Å². The molecule has 3 heterocycles. The number of aromatic nitrogens is 2. The standard InChI is InChI=1S/C15H18N4O2S/c1-21-10-14-17-12(11-22-14)15(20)19-8-6-18(7-9-19)13-4-2-3-5-16-13/h2-5,11H,6-10H2,1H3. The van der Waals surface area contributed by atoms with Crippen LogP contribution in [0.5, 0.6) is 0 Å². The zero-order valence-electron chi connectivity index (χ0n) is 12.4. The number of methoxy groups -OCH3 is 1. The third kappa shape index (κ3) is 3.26. The maximum absolute atomic E-state index is 12.5. The Hall–Kier alpha value is -1.99. The second-order valence-electron chi connectivity index (χ2n) is 5.03. The van der Waals surface area contributed by atoms with Crippen LogP contribution >= 0.6 is 11.3 Å². The van der Waals surface area contributed by atoms with E-state index in [9.17, 15) is 4.79 Å². The number of hydrogen-bond donors (Lipinski definition) is 0. The van der Waals surface area contributed by atoms with Crippen molar-refractivity contribution in [3.8, 4) is 0 Å². The molecule has 0 radical (unpaired) electrons. The van der Waals surface area contributed by atoms with E-state index >= 15 is 0 Å². The van der Waals surface area contributed by atoms with Crippen LogP contribution in [-0.4, -0.2) is 54.1 Å². The maximum atomic E-state index is 12.5. The summed E-state index contributed by atoms with van der Waals surface area (Å²) in [6, 6.07) is 5.88. The second kappa shape index (κ2) is 6.85. The van der Waals surface area contributed by atoms with Gasteiger partial charge in [0, 0.05) is 44.9 Å². The van der Waals surface area contributed by atoms with Crippen LogP contribution in [0.4, 0.5) is 5.82 Å². The number of piperazine rings is 1. The van der Waals surface area contributed by atoms with Crippen molar-refractivity contribution in [3.05, 3.63) is 40.5 Å². The van der Waals surface area contributed by atoms with E-state index in [0.717, 1.165) is 23.9 Å². The van der Waals surface area contributed by atoms with E-state index in [1.165, 1.54) is 11.3 Å². The van der Waals surface area contributed by atoms with E-state index in [-0.39, 0.29) is 5.91 Å². The highest BCUT2D eigenvalue weighted by Crippen LogP contribution is 2.16. The molecule has 0 bridgehead atoms.